The van der Waals surface area contributed by atoms with Crippen LogP contribution in [0.3, 0.4) is 0 Å². The fourth-order valence-corrected chi connectivity index (χ4v) is 3.33. The first-order valence-electron chi connectivity index (χ1n) is 9.18. The van der Waals surface area contributed by atoms with E-state index in [2.05, 4.69) is 24.1 Å². The molecular weight excluding hydrogens is 340 g/mol. The Labute approximate surface area is 157 Å². The van der Waals surface area contributed by atoms with E-state index in [4.69, 9.17) is 9.84 Å². The minimum atomic E-state index is -0.468. The van der Waals surface area contributed by atoms with Crippen LogP contribution in [-0.4, -0.2) is 21.4 Å². The monoisotopic (exact) mass is 362 g/mol. The fraction of sp³-hybridized carbons (Fsp3) is 0.286. The predicted octanol–water partition coefficient (Wildman–Crippen LogP) is 3.88. The van der Waals surface area contributed by atoms with Crippen LogP contribution in [0.1, 0.15) is 27.2 Å². The summed E-state index contributed by atoms with van der Waals surface area (Å²) in [6.07, 6.45) is 0.786. The molecule has 6 nitrogen and oxygen atoms in total. The van der Waals surface area contributed by atoms with Crippen molar-refractivity contribution in [1.29, 1.82) is 0 Å². The maximum Gasteiger partial charge on any atom is 0.300 e. The Kier molecular flexibility index (Phi) is 4.18. The van der Waals surface area contributed by atoms with Crippen LogP contribution >= 0.6 is 0 Å². The van der Waals surface area contributed by atoms with Crippen LogP contribution in [0.5, 0.6) is 5.75 Å². The number of hydrogen-bond donors (Lipinski definition) is 1. The molecule has 27 heavy (non-hydrogen) atoms. The summed E-state index contributed by atoms with van der Waals surface area (Å²) in [5, 5.41) is 8.26. The van der Waals surface area contributed by atoms with Gasteiger partial charge in [-0.2, -0.15) is 10.1 Å². The highest BCUT2D eigenvalue weighted by Gasteiger charge is 2.34. The Morgan fingerprint density at radius 1 is 1.11 bits per heavy atom. The molecular formula is C21H22N4O2. The zero-order chi connectivity index (χ0) is 19.0. The van der Waals surface area contributed by atoms with E-state index in [1.165, 1.54) is 0 Å². The van der Waals surface area contributed by atoms with E-state index in [1.807, 2.05) is 60.1 Å². The minimum Gasteiger partial charge on any atom is -0.494 e. The Bertz CT molecular complexity index is 1040. The smallest absolute Gasteiger partial charge is 0.300 e. The molecule has 4 rings (SSSR count). The zero-order valence-electron chi connectivity index (χ0n) is 15.7. The van der Waals surface area contributed by atoms with Gasteiger partial charge in [0.05, 0.1) is 6.61 Å². The highest BCUT2D eigenvalue weighted by Crippen LogP contribution is 2.37. The maximum absolute atomic E-state index is 12.8. The molecule has 6 heteroatoms. The number of benzene rings is 2. The van der Waals surface area contributed by atoms with Gasteiger partial charge in [0, 0.05) is 16.8 Å². The van der Waals surface area contributed by atoms with E-state index in [0.717, 1.165) is 29.0 Å². The first-order valence-corrected chi connectivity index (χ1v) is 9.18. The summed E-state index contributed by atoms with van der Waals surface area (Å²) < 4.78 is 7.31. The molecule has 2 heterocycles. The number of anilines is 1. The molecule has 0 saturated carbocycles. The summed E-state index contributed by atoms with van der Waals surface area (Å²) in [6, 6.07) is 15.2. The third-order valence-electron chi connectivity index (χ3n) is 4.98. The standard InChI is InChI=1S/C21H22N4O2/c1-4-21(3)23-17-9-7-6-8-16(17)19-22-20(26)18(24-25(19)21)14-10-12-15(13-11-14)27-5-2/h6-13,23H,4-5H2,1-3H3. The molecule has 0 amide bonds. The van der Waals surface area contributed by atoms with Crippen molar-refractivity contribution in [3.8, 4) is 28.4 Å². The average Bonchev–Trinajstić information content (AvgIpc) is 2.69. The Morgan fingerprint density at radius 3 is 2.56 bits per heavy atom. The lowest BCUT2D eigenvalue weighted by Gasteiger charge is -2.38. The van der Waals surface area contributed by atoms with E-state index in [0.29, 0.717) is 18.1 Å². The van der Waals surface area contributed by atoms with Crippen molar-refractivity contribution in [1.82, 2.24) is 14.8 Å². The van der Waals surface area contributed by atoms with Gasteiger partial charge in [-0.25, -0.2) is 4.68 Å². The lowest BCUT2D eigenvalue weighted by Crippen LogP contribution is -2.44. The molecule has 0 radical (unpaired) electrons. The van der Waals surface area contributed by atoms with Crippen molar-refractivity contribution in [2.75, 3.05) is 11.9 Å². The molecule has 1 aliphatic heterocycles. The molecule has 1 unspecified atom stereocenters. The second kappa shape index (κ2) is 6.54. The molecule has 1 N–H and O–H groups in total. The Morgan fingerprint density at radius 2 is 1.85 bits per heavy atom. The van der Waals surface area contributed by atoms with E-state index < -0.39 is 5.66 Å². The summed E-state index contributed by atoms with van der Waals surface area (Å²) >= 11 is 0. The van der Waals surface area contributed by atoms with Gasteiger partial charge in [0.2, 0.25) is 0 Å². The minimum absolute atomic E-state index is 0.333. The van der Waals surface area contributed by atoms with Crippen molar-refractivity contribution >= 4 is 5.69 Å². The van der Waals surface area contributed by atoms with Gasteiger partial charge < -0.3 is 10.1 Å². The lowest BCUT2D eigenvalue weighted by molar-refractivity contribution is 0.312. The molecule has 1 atom stereocenters. The molecule has 0 spiro atoms. The van der Waals surface area contributed by atoms with Gasteiger partial charge in [0.25, 0.3) is 5.56 Å². The molecule has 1 aromatic heterocycles. The quantitative estimate of drug-likeness (QED) is 0.763. The second-order valence-corrected chi connectivity index (χ2v) is 6.76. The summed E-state index contributed by atoms with van der Waals surface area (Å²) in [5.41, 5.74) is 2.10. The van der Waals surface area contributed by atoms with Crippen molar-refractivity contribution in [2.45, 2.75) is 32.9 Å². The van der Waals surface area contributed by atoms with Gasteiger partial charge >= 0.3 is 0 Å². The van der Waals surface area contributed by atoms with Gasteiger partial charge in [-0.1, -0.05) is 19.1 Å². The Hall–Kier alpha value is -3.15. The SMILES string of the molecule is CCOc1ccc(-c2nn3c(nc2=O)-c2ccccc2NC3(C)CC)cc1. The van der Waals surface area contributed by atoms with Gasteiger partial charge in [-0.05, 0) is 56.7 Å². The van der Waals surface area contributed by atoms with Gasteiger partial charge in [0.1, 0.15) is 11.4 Å². The van der Waals surface area contributed by atoms with Crippen LogP contribution in [0.15, 0.2) is 53.3 Å². The number of aromatic nitrogens is 3. The number of nitrogens with zero attached hydrogens (tertiary/aromatic N) is 3. The van der Waals surface area contributed by atoms with Crippen LogP contribution in [0.25, 0.3) is 22.6 Å². The van der Waals surface area contributed by atoms with E-state index in [9.17, 15) is 4.79 Å². The number of nitrogens with one attached hydrogen (secondary N) is 1. The van der Waals surface area contributed by atoms with Gasteiger partial charge in [0.15, 0.2) is 11.5 Å². The Balaban J connectivity index is 1.89. The highest BCUT2D eigenvalue weighted by molar-refractivity contribution is 5.76. The topological polar surface area (TPSA) is 69.0 Å². The number of hydrogen-bond acceptors (Lipinski definition) is 5. The second-order valence-electron chi connectivity index (χ2n) is 6.76. The van der Waals surface area contributed by atoms with Gasteiger partial charge in [-0.3, -0.25) is 4.79 Å². The summed E-state index contributed by atoms with van der Waals surface area (Å²) in [6.45, 7) is 6.68. The molecule has 3 aromatic rings. The van der Waals surface area contributed by atoms with Crippen LogP contribution in [0, 0.1) is 0 Å². The third-order valence-corrected chi connectivity index (χ3v) is 4.98. The molecule has 0 saturated heterocycles. The van der Waals surface area contributed by atoms with Crippen LogP contribution in [0.2, 0.25) is 0 Å². The molecule has 2 aromatic carbocycles. The third kappa shape index (κ3) is 2.87. The molecule has 0 bridgehead atoms. The number of ether oxygens (including phenoxy) is 1. The number of para-hydroxylation sites is 1. The molecule has 0 fully saturated rings. The van der Waals surface area contributed by atoms with Crippen molar-refractivity contribution in [3.63, 3.8) is 0 Å². The van der Waals surface area contributed by atoms with Crippen molar-refractivity contribution in [3.05, 3.63) is 58.9 Å². The zero-order valence-corrected chi connectivity index (χ0v) is 15.7. The summed E-state index contributed by atoms with van der Waals surface area (Å²) in [4.78, 5) is 17.2. The largest absolute Gasteiger partial charge is 0.494 e. The van der Waals surface area contributed by atoms with E-state index in [1.54, 1.807) is 0 Å². The van der Waals surface area contributed by atoms with Crippen molar-refractivity contribution < 1.29 is 4.74 Å². The van der Waals surface area contributed by atoms with E-state index in [-0.39, 0.29) is 5.56 Å². The fourth-order valence-electron chi connectivity index (χ4n) is 3.33. The first-order chi connectivity index (χ1) is 13.1. The van der Waals surface area contributed by atoms with Gasteiger partial charge in [-0.15, -0.1) is 0 Å². The highest BCUT2D eigenvalue weighted by atomic mass is 16.5. The summed E-state index contributed by atoms with van der Waals surface area (Å²) in [7, 11) is 0. The van der Waals surface area contributed by atoms with Crippen LogP contribution in [0.4, 0.5) is 5.69 Å². The van der Waals surface area contributed by atoms with Crippen molar-refractivity contribution in [2.24, 2.45) is 0 Å². The lowest BCUT2D eigenvalue weighted by atomic mass is 10.0. The van der Waals surface area contributed by atoms with Crippen LogP contribution < -0.4 is 15.6 Å². The molecule has 0 aliphatic carbocycles. The average molecular weight is 362 g/mol. The summed E-state index contributed by atoms with van der Waals surface area (Å²) in [5.74, 6) is 1.36. The molecule has 138 valence electrons. The first kappa shape index (κ1) is 17.3. The number of fused-ring (bicyclic) bond motifs is 3. The maximum atomic E-state index is 12.8. The molecule has 1 aliphatic rings. The van der Waals surface area contributed by atoms with Crippen LogP contribution in [-0.2, 0) is 5.66 Å². The number of rotatable bonds is 4. The normalized spacial score (nSPS) is 17.6. The predicted molar refractivity (Wildman–Crippen MR) is 106 cm³/mol. The van der Waals surface area contributed by atoms with E-state index >= 15 is 0 Å².